The molecule has 0 spiro atoms. The Morgan fingerprint density at radius 3 is 2.69 bits per heavy atom. The van der Waals surface area contributed by atoms with Gasteiger partial charge in [0.2, 0.25) is 0 Å². The summed E-state index contributed by atoms with van der Waals surface area (Å²) in [7, 11) is 5.83. The SMILES string of the molecule is CCOCCOc1cc(C)ccc1CNC(=NC)NCC(c1ccco1)N(C)C. The van der Waals surface area contributed by atoms with Gasteiger partial charge in [-0.3, -0.25) is 9.89 Å². The number of ether oxygens (including phenoxy) is 2. The molecule has 0 saturated carbocycles. The molecular formula is C22H34N4O3. The van der Waals surface area contributed by atoms with Gasteiger partial charge < -0.3 is 24.5 Å². The van der Waals surface area contributed by atoms with Crippen molar-refractivity contribution in [2.24, 2.45) is 4.99 Å². The Bertz CT molecular complexity index is 745. The van der Waals surface area contributed by atoms with Crippen molar-refractivity contribution in [2.75, 3.05) is 47.5 Å². The fourth-order valence-corrected chi connectivity index (χ4v) is 2.91. The Balaban J connectivity index is 1.93. The fraction of sp³-hybridized carbons (Fsp3) is 0.500. The second-order valence-corrected chi connectivity index (χ2v) is 6.96. The van der Waals surface area contributed by atoms with E-state index in [2.05, 4.69) is 45.6 Å². The minimum absolute atomic E-state index is 0.111. The summed E-state index contributed by atoms with van der Waals surface area (Å²) in [4.78, 5) is 6.45. The third-order valence-corrected chi connectivity index (χ3v) is 4.54. The van der Waals surface area contributed by atoms with Gasteiger partial charge in [-0.25, -0.2) is 0 Å². The number of guanidine groups is 1. The van der Waals surface area contributed by atoms with Crippen LogP contribution in [0.5, 0.6) is 5.75 Å². The Morgan fingerprint density at radius 2 is 2.03 bits per heavy atom. The topological polar surface area (TPSA) is 71.3 Å². The van der Waals surface area contributed by atoms with Crippen LogP contribution in [0.4, 0.5) is 0 Å². The highest BCUT2D eigenvalue weighted by atomic mass is 16.5. The van der Waals surface area contributed by atoms with Gasteiger partial charge in [0.15, 0.2) is 5.96 Å². The highest BCUT2D eigenvalue weighted by Crippen LogP contribution is 2.20. The van der Waals surface area contributed by atoms with Crippen LogP contribution in [0.1, 0.15) is 29.9 Å². The minimum Gasteiger partial charge on any atom is -0.491 e. The lowest BCUT2D eigenvalue weighted by Gasteiger charge is -2.24. The first-order chi connectivity index (χ1) is 14.0. The second kappa shape index (κ2) is 12.1. The summed E-state index contributed by atoms with van der Waals surface area (Å²) in [6, 6.07) is 10.2. The molecule has 0 bridgehead atoms. The average molecular weight is 403 g/mol. The average Bonchev–Trinajstić information content (AvgIpc) is 3.23. The zero-order valence-corrected chi connectivity index (χ0v) is 18.2. The van der Waals surface area contributed by atoms with Crippen LogP contribution in [0.15, 0.2) is 46.0 Å². The number of aryl methyl sites for hydroxylation is 1. The van der Waals surface area contributed by atoms with Crippen LogP contribution in [0.3, 0.4) is 0 Å². The number of nitrogens with one attached hydrogen (secondary N) is 2. The molecule has 0 amide bonds. The lowest BCUT2D eigenvalue weighted by atomic mass is 10.1. The summed E-state index contributed by atoms with van der Waals surface area (Å²) in [5, 5.41) is 6.74. The largest absolute Gasteiger partial charge is 0.491 e. The Hall–Kier alpha value is -2.51. The van der Waals surface area contributed by atoms with E-state index in [0.717, 1.165) is 28.6 Å². The van der Waals surface area contributed by atoms with E-state index in [9.17, 15) is 0 Å². The Morgan fingerprint density at radius 1 is 1.21 bits per heavy atom. The van der Waals surface area contributed by atoms with E-state index in [1.165, 1.54) is 0 Å². The van der Waals surface area contributed by atoms with Gasteiger partial charge in [-0.1, -0.05) is 12.1 Å². The maximum atomic E-state index is 5.92. The molecule has 0 aliphatic heterocycles. The third-order valence-electron chi connectivity index (χ3n) is 4.54. The zero-order chi connectivity index (χ0) is 21.1. The van der Waals surface area contributed by atoms with Gasteiger partial charge in [0, 0.05) is 32.3 Å². The molecule has 7 nitrogen and oxygen atoms in total. The summed E-state index contributed by atoms with van der Waals surface area (Å²) in [6.45, 7) is 7.13. The van der Waals surface area contributed by atoms with Gasteiger partial charge >= 0.3 is 0 Å². The smallest absolute Gasteiger partial charge is 0.191 e. The molecule has 1 aromatic carbocycles. The Labute approximate surface area is 174 Å². The van der Waals surface area contributed by atoms with Crippen molar-refractivity contribution in [2.45, 2.75) is 26.4 Å². The van der Waals surface area contributed by atoms with Crippen LogP contribution in [0, 0.1) is 6.92 Å². The number of rotatable bonds is 11. The normalized spacial score (nSPS) is 12.8. The molecule has 0 fully saturated rings. The van der Waals surface area contributed by atoms with Crippen LogP contribution >= 0.6 is 0 Å². The summed E-state index contributed by atoms with van der Waals surface area (Å²) in [5.41, 5.74) is 2.24. The number of hydrogen-bond acceptors (Lipinski definition) is 5. The standard InChI is InChI=1S/C22H34N4O3/c1-6-27-12-13-29-21-14-17(2)9-10-18(21)15-24-22(23-3)25-16-19(26(4)5)20-8-7-11-28-20/h7-11,14,19H,6,12-13,15-16H2,1-5H3,(H2,23,24,25). The molecule has 0 saturated heterocycles. The van der Waals surface area contributed by atoms with Crippen LogP contribution < -0.4 is 15.4 Å². The Kier molecular flexibility index (Phi) is 9.53. The van der Waals surface area contributed by atoms with E-state index < -0.39 is 0 Å². The van der Waals surface area contributed by atoms with Gasteiger partial charge in [0.25, 0.3) is 0 Å². The van der Waals surface area contributed by atoms with Crippen LogP contribution in [0.25, 0.3) is 0 Å². The number of benzene rings is 1. The molecule has 0 aliphatic carbocycles. The van der Waals surface area contributed by atoms with Crippen molar-refractivity contribution in [1.82, 2.24) is 15.5 Å². The molecule has 1 unspecified atom stereocenters. The number of nitrogens with zero attached hydrogens (tertiary/aromatic N) is 2. The lowest BCUT2D eigenvalue weighted by molar-refractivity contribution is 0.110. The number of furan rings is 1. The lowest BCUT2D eigenvalue weighted by Crippen LogP contribution is -2.41. The predicted molar refractivity (Wildman–Crippen MR) is 117 cm³/mol. The minimum atomic E-state index is 0.111. The maximum Gasteiger partial charge on any atom is 0.191 e. The van der Waals surface area contributed by atoms with Crippen molar-refractivity contribution < 1.29 is 13.9 Å². The first kappa shape index (κ1) is 22.8. The van der Waals surface area contributed by atoms with E-state index in [0.29, 0.717) is 32.9 Å². The molecule has 0 radical (unpaired) electrons. The maximum absolute atomic E-state index is 5.92. The first-order valence-electron chi connectivity index (χ1n) is 9.99. The van der Waals surface area contributed by atoms with Gasteiger partial charge in [-0.05, 0) is 51.7 Å². The third kappa shape index (κ3) is 7.44. The van der Waals surface area contributed by atoms with Gasteiger partial charge in [0.1, 0.15) is 18.1 Å². The van der Waals surface area contributed by atoms with Gasteiger partial charge in [-0.15, -0.1) is 0 Å². The van der Waals surface area contributed by atoms with E-state index in [-0.39, 0.29) is 6.04 Å². The quantitative estimate of drug-likeness (QED) is 0.342. The van der Waals surface area contributed by atoms with Crippen LogP contribution in [-0.2, 0) is 11.3 Å². The van der Waals surface area contributed by atoms with Crippen LogP contribution in [0.2, 0.25) is 0 Å². The van der Waals surface area contributed by atoms with Gasteiger partial charge in [0.05, 0.1) is 18.9 Å². The highest BCUT2D eigenvalue weighted by Gasteiger charge is 2.17. The number of hydrogen-bond donors (Lipinski definition) is 2. The van der Waals surface area contributed by atoms with E-state index >= 15 is 0 Å². The summed E-state index contributed by atoms with van der Waals surface area (Å²) in [6.07, 6.45) is 1.70. The molecule has 1 atom stereocenters. The van der Waals surface area contributed by atoms with E-state index in [1.54, 1.807) is 13.3 Å². The van der Waals surface area contributed by atoms with Crippen molar-refractivity contribution in [3.05, 3.63) is 53.5 Å². The molecule has 2 aromatic rings. The first-order valence-corrected chi connectivity index (χ1v) is 9.99. The number of aliphatic imine (C=N–C) groups is 1. The predicted octanol–water partition coefficient (Wildman–Crippen LogP) is 2.97. The molecule has 7 heteroatoms. The molecule has 0 aliphatic rings. The number of likely N-dealkylation sites (N-methyl/N-ethyl adjacent to an activating group) is 1. The summed E-state index contributed by atoms with van der Waals surface area (Å²) < 4.78 is 16.8. The van der Waals surface area contributed by atoms with E-state index in [4.69, 9.17) is 13.9 Å². The summed E-state index contributed by atoms with van der Waals surface area (Å²) in [5.74, 6) is 2.51. The molecule has 1 aromatic heterocycles. The molecule has 160 valence electrons. The monoisotopic (exact) mass is 402 g/mol. The van der Waals surface area contributed by atoms with Crippen molar-refractivity contribution in [3.8, 4) is 5.75 Å². The molecular weight excluding hydrogens is 368 g/mol. The van der Waals surface area contributed by atoms with Crippen molar-refractivity contribution in [1.29, 1.82) is 0 Å². The summed E-state index contributed by atoms with van der Waals surface area (Å²) >= 11 is 0. The molecule has 2 N–H and O–H groups in total. The molecule has 29 heavy (non-hydrogen) atoms. The van der Waals surface area contributed by atoms with Crippen molar-refractivity contribution >= 4 is 5.96 Å². The van der Waals surface area contributed by atoms with Crippen LogP contribution in [-0.4, -0.2) is 58.4 Å². The second-order valence-electron chi connectivity index (χ2n) is 6.96. The van der Waals surface area contributed by atoms with E-state index in [1.807, 2.05) is 33.2 Å². The molecule has 2 rings (SSSR count). The van der Waals surface area contributed by atoms with Crippen molar-refractivity contribution in [3.63, 3.8) is 0 Å². The zero-order valence-electron chi connectivity index (χ0n) is 18.2. The highest BCUT2D eigenvalue weighted by molar-refractivity contribution is 5.79. The molecule has 1 heterocycles. The van der Waals surface area contributed by atoms with Gasteiger partial charge in [-0.2, -0.15) is 0 Å². The fourth-order valence-electron chi connectivity index (χ4n) is 2.91.